The van der Waals surface area contributed by atoms with E-state index in [0.29, 0.717) is 5.69 Å². The van der Waals surface area contributed by atoms with Gasteiger partial charge >= 0.3 is 0 Å². The highest BCUT2D eigenvalue weighted by atomic mass is 32.2. The Kier molecular flexibility index (Phi) is 3.95. The van der Waals surface area contributed by atoms with Crippen LogP contribution in [0.1, 0.15) is 5.56 Å². The van der Waals surface area contributed by atoms with E-state index in [2.05, 4.69) is 0 Å². The van der Waals surface area contributed by atoms with Crippen LogP contribution in [-0.4, -0.2) is 20.4 Å². The van der Waals surface area contributed by atoms with E-state index in [1.54, 1.807) is 24.3 Å². The Morgan fingerprint density at radius 2 is 1.62 bits per heavy atom. The molecule has 2 aromatic carbocycles. The lowest BCUT2D eigenvalue weighted by Crippen LogP contribution is -2.27. The molecule has 0 N–H and O–H groups in total. The minimum Gasteiger partial charge on any atom is -0.269 e. The van der Waals surface area contributed by atoms with Crippen LogP contribution in [-0.2, 0) is 10.0 Å². The average Bonchev–Trinajstić information content (AvgIpc) is 2.47. The molecule has 0 aliphatic carbocycles. The third-order valence-corrected chi connectivity index (χ3v) is 4.93. The van der Waals surface area contributed by atoms with Gasteiger partial charge in [-0.3, -0.25) is 14.4 Å². The maximum absolute atomic E-state index is 12.6. The number of nitrogens with zero attached hydrogens (tertiary/aromatic N) is 2. The third-order valence-electron chi connectivity index (χ3n) is 3.10. The molecule has 0 heterocycles. The number of anilines is 1. The van der Waals surface area contributed by atoms with Gasteiger partial charge in [-0.25, -0.2) is 8.42 Å². The lowest BCUT2D eigenvalue weighted by molar-refractivity contribution is -0.387. The van der Waals surface area contributed by atoms with Gasteiger partial charge in [0.15, 0.2) is 4.90 Å². The Morgan fingerprint density at radius 3 is 2.19 bits per heavy atom. The summed E-state index contributed by atoms with van der Waals surface area (Å²) in [6, 6.07) is 12.2. The number of nitro benzene ring substituents is 1. The molecule has 0 bridgehead atoms. The van der Waals surface area contributed by atoms with Crippen molar-refractivity contribution in [3.63, 3.8) is 0 Å². The molecule has 2 aromatic rings. The van der Waals surface area contributed by atoms with Gasteiger partial charge in [0.2, 0.25) is 0 Å². The van der Waals surface area contributed by atoms with Gasteiger partial charge in [-0.1, -0.05) is 29.8 Å². The van der Waals surface area contributed by atoms with Crippen molar-refractivity contribution in [2.24, 2.45) is 0 Å². The minimum atomic E-state index is -3.99. The number of rotatable bonds is 4. The second kappa shape index (κ2) is 5.53. The van der Waals surface area contributed by atoms with Gasteiger partial charge in [0, 0.05) is 13.1 Å². The van der Waals surface area contributed by atoms with Crippen molar-refractivity contribution in [2.45, 2.75) is 11.8 Å². The van der Waals surface area contributed by atoms with Crippen LogP contribution >= 0.6 is 0 Å². The largest absolute Gasteiger partial charge is 0.289 e. The van der Waals surface area contributed by atoms with Crippen LogP contribution in [0.15, 0.2) is 53.4 Å². The Hall–Kier alpha value is -2.41. The summed E-state index contributed by atoms with van der Waals surface area (Å²) in [5, 5.41) is 11.0. The molecule has 0 fully saturated rings. The molecular weight excluding hydrogens is 292 g/mol. The van der Waals surface area contributed by atoms with Gasteiger partial charge in [0.1, 0.15) is 0 Å². The van der Waals surface area contributed by atoms with Crippen molar-refractivity contribution in [2.75, 3.05) is 11.4 Å². The Labute approximate surface area is 122 Å². The van der Waals surface area contributed by atoms with E-state index in [4.69, 9.17) is 0 Å². The lowest BCUT2D eigenvalue weighted by atomic mass is 10.2. The molecule has 110 valence electrons. The van der Waals surface area contributed by atoms with E-state index in [0.717, 1.165) is 9.87 Å². The summed E-state index contributed by atoms with van der Waals surface area (Å²) in [7, 11) is -2.62. The summed E-state index contributed by atoms with van der Waals surface area (Å²) in [6.07, 6.45) is 0. The molecule has 0 radical (unpaired) electrons. The first-order valence-corrected chi connectivity index (χ1v) is 7.57. The van der Waals surface area contributed by atoms with Crippen LogP contribution in [0, 0.1) is 17.0 Å². The molecule has 0 atom stereocenters. The molecule has 7 heteroatoms. The van der Waals surface area contributed by atoms with Gasteiger partial charge in [-0.15, -0.1) is 0 Å². The fourth-order valence-electron chi connectivity index (χ4n) is 1.87. The van der Waals surface area contributed by atoms with Gasteiger partial charge < -0.3 is 0 Å². The third kappa shape index (κ3) is 2.87. The monoisotopic (exact) mass is 306 g/mol. The Bertz CT molecular complexity index is 770. The summed E-state index contributed by atoms with van der Waals surface area (Å²) in [5.41, 5.74) is 1.01. The molecule has 0 aliphatic heterocycles. The standard InChI is InChI=1S/C14H14N2O4S/c1-11-7-9-12(10-8-11)15(2)21(19,20)14-6-4-3-5-13(14)16(17)18/h3-10H,1-2H3. The zero-order valence-corrected chi connectivity index (χ0v) is 12.4. The number of para-hydroxylation sites is 1. The van der Waals surface area contributed by atoms with E-state index in [-0.39, 0.29) is 4.90 Å². The molecule has 0 amide bonds. The molecule has 0 unspecified atom stereocenters. The van der Waals surface area contributed by atoms with Gasteiger partial charge in [-0.2, -0.15) is 0 Å². The van der Waals surface area contributed by atoms with Gasteiger partial charge in [-0.05, 0) is 25.1 Å². The van der Waals surface area contributed by atoms with E-state index < -0.39 is 20.6 Å². The SMILES string of the molecule is Cc1ccc(N(C)S(=O)(=O)c2ccccc2[N+](=O)[O-])cc1. The van der Waals surface area contributed by atoms with Gasteiger partial charge in [0.05, 0.1) is 10.6 Å². The van der Waals surface area contributed by atoms with Crippen molar-refractivity contribution in [1.29, 1.82) is 0 Å². The van der Waals surface area contributed by atoms with Crippen molar-refractivity contribution in [1.82, 2.24) is 0 Å². The highest BCUT2D eigenvalue weighted by Crippen LogP contribution is 2.28. The maximum atomic E-state index is 12.6. The fraction of sp³-hybridized carbons (Fsp3) is 0.143. The number of benzene rings is 2. The molecular formula is C14H14N2O4S. The summed E-state index contributed by atoms with van der Waals surface area (Å²) < 4.78 is 26.2. The predicted molar refractivity (Wildman–Crippen MR) is 79.9 cm³/mol. The highest BCUT2D eigenvalue weighted by molar-refractivity contribution is 7.93. The number of aryl methyl sites for hydroxylation is 1. The van der Waals surface area contributed by atoms with Crippen LogP contribution in [0.5, 0.6) is 0 Å². The number of hydrogen-bond donors (Lipinski definition) is 0. The summed E-state index contributed by atoms with van der Waals surface area (Å²) in [4.78, 5) is 9.98. The van der Waals surface area contributed by atoms with Crippen LogP contribution in [0.25, 0.3) is 0 Å². The molecule has 0 aliphatic rings. The second-order valence-electron chi connectivity index (χ2n) is 4.53. The first kappa shape index (κ1) is 15.0. The predicted octanol–water partition coefficient (Wildman–Crippen LogP) is 2.73. The fourth-order valence-corrected chi connectivity index (χ4v) is 3.22. The van der Waals surface area contributed by atoms with Crippen LogP contribution < -0.4 is 4.31 Å². The molecule has 0 saturated carbocycles. The van der Waals surface area contributed by atoms with E-state index in [9.17, 15) is 18.5 Å². The zero-order chi connectivity index (χ0) is 15.6. The van der Waals surface area contributed by atoms with Crippen LogP contribution in [0.2, 0.25) is 0 Å². The van der Waals surface area contributed by atoms with Crippen molar-refractivity contribution in [3.05, 3.63) is 64.2 Å². The number of nitro groups is 1. The smallest absolute Gasteiger partial charge is 0.269 e. The molecule has 21 heavy (non-hydrogen) atoms. The van der Waals surface area contributed by atoms with Crippen LogP contribution in [0.4, 0.5) is 11.4 Å². The summed E-state index contributed by atoms with van der Waals surface area (Å²) >= 11 is 0. The first-order valence-electron chi connectivity index (χ1n) is 6.13. The van der Waals surface area contributed by atoms with Crippen molar-refractivity contribution in [3.8, 4) is 0 Å². The Balaban J connectivity index is 2.52. The van der Waals surface area contributed by atoms with Gasteiger partial charge in [0.25, 0.3) is 15.7 Å². The van der Waals surface area contributed by atoms with Crippen LogP contribution in [0.3, 0.4) is 0 Å². The van der Waals surface area contributed by atoms with E-state index >= 15 is 0 Å². The minimum absolute atomic E-state index is 0.321. The highest BCUT2D eigenvalue weighted by Gasteiger charge is 2.29. The van der Waals surface area contributed by atoms with Crippen molar-refractivity contribution >= 4 is 21.4 Å². The summed E-state index contributed by atoms with van der Waals surface area (Å²) in [6.45, 7) is 1.89. The quantitative estimate of drug-likeness (QED) is 0.642. The first-order chi connectivity index (χ1) is 9.84. The molecule has 0 spiro atoms. The number of sulfonamides is 1. The maximum Gasteiger partial charge on any atom is 0.289 e. The Morgan fingerprint density at radius 1 is 1.05 bits per heavy atom. The van der Waals surface area contributed by atoms with Crippen molar-refractivity contribution < 1.29 is 13.3 Å². The van der Waals surface area contributed by atoms with E-state index in [1.807, 2.05) is 6.92 Å². The average molecular weight is 306 g/mol. The molecule has 0 aromatic heterocycles. The second-order valence-corrected chi connectivity index (χ2v) is 6.47. The lowest BCUT2D eigenvalue weighted by Gasteiger charge is -2.19. The molecule has 6 nitrogen and oxygen atoms in total. The molecule has 0 saturated heterocycles. The van der Waals surface area contributed by atoms with E-state index in [1.165, 1.54) is 31.3 Å². The zero-order valence-electron chi connectivity index (χ0n) is 11.6. The summed E-state index contributed by atoms with van der Waals surface area (Å²) in [5.74, 6) is 0. The topological polar surface area (TPSA) is 80.5 Å². The normalized spacial score (nSPS) is 11.1. The number of hydrogen-bond acceptors (Lipinski definition) is 4. The molecule has 2 rings (SSSR count).